The molecule has 1 aromatic carbocycles. The first-order chi connectivity index (χ1) is 13.1. The summed E-state index contributed by atoms with van der Waals surface area (Å²) in [5, 5.41) is 22.1. The third-order valence-electron chi connectivity index (χ3n) is 5.58. The number of benzene rings is 1. The Kier molecular flexibility index (Phi) is 4.88. The van der Waals surface area contributed by atoms with Gasteiger partial charge in [0.2, 0.25) is 5.88 Å². The summed E-state index contributed by atoms with van der Waals surface area (Å²) in [7, 11) is 1.65. The Morgan fingerprint density at radius 3 is 2.85 bits per heavy atom. The molecule has 0 spiro atoms. The average Bonchev–Trinajstić information content (AvgIpc) is 3.08. The van der Waals surface area contributed by atoms with Crippen molar-refractivity contribution in [2.24, 2.45) is 0 Å². The van der Waals surface area contributed by atoms with Gasteiger partial charge in [-0.2, -0.15) is 0 Å². The maximum atomic E-state index is 9.84. The molecule has 144 valence electrons. The van der Waals surface area contributed by atoms with Crippen LogP contribution in [-0.2, 0) is 19.6 Å². The van der Waals surface area contributed by atoms with Gasteiger partial charge in [-0.05, 0) is 37.1 Å². The number of aryl methyl sites for hydroxylation is 1. The van der Waals surface area contributed by atoms with E-state index in [0.29, 0.717) is 17.7 Å². The van der Waals surface area contributed by atoms with Gasteiger partial charge in [0.25, 0.3) is 0 Å². The van der Waals surface area contributed by atoms with Crippen molar-refractivity contribution < 1.29 is 9.84 Å². The zero-order chi connectivity index (χ0) is 19.0. The van der Waals surface area contributed by atoms with Crippen molar-refractivity contribution in [3.8, 4) is 11.6 Å². The van der Waals surface area contributed by atoms with E-state index < -0.39 is 0 Å². The molecule has 0 aliphatic carbocycles. The number of hydrogen-bond donors (Lipinski definition) is 2. The molecule has 1 atom stereocenters. The Morgan fingerprint density at radius 2 is 2.07 bits per heavy atom. The number of anilines is 1. The second-order valence-electron chi connectivity index (χ2n) is 7.49. The van der Waals surface area contributed by atoms with Gasteiger partial charge in [0.1, 0.15) is 5.75 Å². The highest BCUT2D eigenvalue weighted by Crippen LogP contribution is 2.36. The second kappa shape index (κ2) is 7.32. The molecule has 0 saturated carbocycles. The smallest absolute Gasteiger partial charge is 0.238 e. The van der Waals surface area contributed by atoms with E-state index in [2.05, 4.69) is 39.2 Å². The van der Waals surface area contributed by atoms with Crippen LogP contribution in [0, 0.1) is 6.92 Å². The van der Waals surface area contributed by atoms with Crippen molar-refractivity contribution >= 4 is 5.82 Å². The summed E-state index contributed by atoms with van der Waals surface area (Å²) in [6.45, 7) is 9.49. The summed E-state index contributed by atoms with van der Waals surface area (Å²) < 4.78 is 5.50. The van der Waals surface area contributed by atoms with Gasteiger partial charge in [0.15, 0.2) is 5.82 Å². The third-order valence-corrected chi connectivity index (χ3v) is 5.58. The van der Waals surface area contributed by atoms with E-state index in [9.17, 15) is 5.11 Å². The van der Waals surface area contributed by atoms with E-state index >= 15 is 0 Å². The van der Waals surface area contributed by atoms with Crippen molar-refractivity contribution in [1.29, 1.82) is 0 Å². The number of fused-ring (bicyclic) bond motifs is 1. The Bertz CT molecular complexity index is 841. The zero-order valence-electron chi connectivity index (χ0n) is 16.2. The Balaban J connectivity index is 1.63. The number of methoxy groups -OCH3 is 1. The van der Waals surface area contributed by atoms with Gasteiger partial charge in [-0.1, -0.05) is 6.07 Å². The lowest BCUT2D eigenvalue weighted by Gasteiger charge is -2.35. The fourth-order valence-electron chi connectivity index (χ4n) is 4.04. The van der Waals surface area contributed by atoms with Crippen molar-refractivity contribution in [3.05, 3.63) is 40.5 Å². The lowest BCUT2D eigenvalue weighted by molar-refractivity contribution is 0.271. The maximum absolute atomic E-state index is 9.84. The topological polar surface area (TPSA) is 73.8 Å². The van der Waals surface area contributed by atoms with E-state index in [0.717, 1.165) is 56.2 Å². The quantitative estimate of drug-likeness (QED) is 0.851. The predicted octanol–water partition coefficient (Wildman–Crippen LogP) is 1.81. The number of rotatable bonds is 4. The van der Waals surface area contributed by atoms with Crippen LogP contribution in [0.4, 0.5) is 5.82 Å². The largest absolute Gasteiger partial charge is 0.508 e. The first kappa shape index (κ1) is 18.0. The van der Waals surface area contributed by atoms with E-state index in [1.807, 2.05) is 12.1 Å². The van der Waals surface area contributed by atoms with Gasteiger partial charge < -0.3 is 20.1 Å². The number of piperazine rings is 1. The lowest BCUT2D eigenvalue weighted by Crippen LogP contribution is -2.50. The maximum Gasteiger partial charge on any atom is 0.238 e. The third kappa shape index (κ3) is 3.44. The molecule has 7 heteroatoms. The number of hydrogen-bond acceptors (Lipinski definition) is 7. The molecule has 4 rings (SSSR count). The second-order valence-corrected chi connectivity index (χ2v) is 7.49. The summed E-state index contributed by atoms with van der Waals surface area (Å²) in [5.41, 5.74) is 4.67. The molecule has 1 fully saturated rings. The van der Waals surface area contributed by atoms with Crippen molar-refractivity contribution in [1.82, 2.24) is 20.4 Å². The zero-order valence-corrected chi connectivity index (χ0v) is 16.2. The lowest BCUT2D eigenvalue weighted by atomic mass is 10.1. The Hall–Kier alpha value is -2.38. The summed E-state index contributed by atoms with van der Waals surface area (Å²) in [6.07, 6.45) is 0. The van der Waals surface area contributed by atoms with Gasteiger partial charge in [-0.3, -0.25) is 4.90 Å². The highest BCUT2D eigenvalue weighted by molar-refractivity contribution is 5.55. The van der Waals surface area contributed by atoms with Crippen molar-refractivity contribution in [3.63, 3.8) is 0 Å². The van der Waals surface area contributed by atoms with Crippen LogP contribution in [0.5, 0.6) is 11.6 Å². The Labute approximate surface area is 160 Å². The number of ether oxygens (including phenoxy) is 1. The van der Waals surface area contributed by atoms with Crippen LogP contribution in [0.2, 0.25) is 0 Å². The van der Waals surface area contributed by atoms with Crippen molar-refractivity contribution in [2.75, 3.05) is 31.6 Å². The molecule has 27 heavy (non-hydrogen) atoms. The number of aromatic hydroxyl groups is 1. The minimum Gasteiger partial charge on any atom is -0.508 e. The van der Waals surface area contributed by atoms with Gasteiger partial charge >= 0.3 is 0 Å². The van der Waals surface area contributed by atoms with E-state index in [4.69, 9.17) is 4.74 Å². The first-order valence-electron chi connectivity index (χ1n) is 9.47. The summed E-state index contributed by atoms with van der Waals surface area (Å²) >= 11 is 0. The average molecular weight is 369 g/mol. The molecule has 0 amide bonds. The van der Waals surface area contributed by atoms with Crippen molar-refractivity contribution in [2.45, 2.75) is 39.5 Å². The van der Waals surface area contributed by atoms with Crippen LogP contribution in [0.1, 0.15) is 29.2 Å². The van der Waals surface area contributed by atoms with Gasteiger partial charge in [-0.25, -0.2) is 0 Å². The van der Waals surface area contributed by atoms with Gasteiger partial charge in [0.05, 0.1) is 7.11 Å². The van der Waals surface area contributed by atoms with Crippen LogP contribution >= 0.6 is 0 Å². The molecule has 3 heterocycles. The number of phenols is 1. The Morgan fingerprint density at radius 1 is 1.26 bits per heavy atom. The molecule has 1 aromatic heterocycles. The minimum absolute atomic E-state index is 0.309. The fraction of sp³-hybridized carbons (Fsp3) is 0.500. The van der Waals surface area contributed by atoms with Crippen LogP contribution in [0.15, 0.2) is 18.2 Å². The molecule has 0 bridgehead atoms. The number of phenolic OH excluding ortho intramolecular Hbond substituents is 1. The standard InChI is InChI=1S/C20H27N5O2/c1-13-4-5-16(26)8-15(13)10-24-11-17-18(12-24)20(27-3)23-22-19(17)25-7-6-21-9-14(25)2/h4-5,8,14,21,26H,6-7,9-12H2,1-3H3/t14-/m0/s1. The summed E-state index contributed by atoms with van der Waals surface area (Å²) in [4.78, 5) is 4.71. The van der Waals surface area contributed by atoms with Gasteiger partial charge in [0, 0.05) is 56.4 Å². The summed E-state index contributed by atoms with van der Waals surface area (Å²) in [5.74, 6) is 1.91. The van der Waals surface area contributed by atoms with Gasteiger partial charge in [-0.15, -0.1) is 10.2 Å². The van der Waals surface area contributed by atoms with Crippen LogP contribution in [0.25, 0.3) is 0 Å². The highest BCUT2D eigenvalue weighted by atomic mass is 16.5. The monoisotopic (exact) mass is 369 g/mol. The number of nitrogens with zero attached hydrogens (tertiary/aromatic N) is 4. The number of nitrogens with one attached hydrogen (secondary N) is 1. The van der Waals surface area contributed by atoms with E-state index in [-0.39, 0.29) is 0 Å². The van der Waals surface area contributed by atoms with E-state index in [1.165, 1.54) is 11.1 Å². The SMILES string of the molecule is COc1nnc(N2CCNC[C@@H]2C)c2c1CN(Cc1cc(O)ccc1C)C2. The molecule has 0 unspecified atom stereocenters. The number of aromatic nitrogens is 2. The van der Waals surface area contributed by atoms with Crippen LogP contribution in [0.3, 0.4) is 0 Å². The molecule has 2 aliphatic rings. The predicted molar refractivity (Wildman–Crippen MR) is 104 cm³/mol. The molecule has 1 saturated heterocycles. The molecule has 0 radical (unpaired) electrons. The van der Waals surface area contributed by atoms with Crippen LogP contribution in [-0.4, -0.2) is 53.0 Å². The normalized spacial score (nSPS) is 20.0. The molecule has 7 nitrogen and oxygen atoms in total. The molecule has 2 aliphatic heterocycles. The molecule has 2 N–H and O–H groups in total. The molecular formula is C20H27N5O2. The van der Waals surface area contributed by atoms with Crippen LogP contribution < -0.4 is 15.0 Å². The highest BCUT2D eigenvalue weighted by Gasteiger charge is 2.31. The molecule has 2 aromatic rings. The van der Waals surface area contributed by atoms with E-state index in [1.54, 1.807) is 13.2 Å². The fourth-order valence-corrected chi connectivity index (χ4v) is 4.04. The summed E-state index contributed by atoms with van der Waals surface area (Å²) in [6, 6.07) is 5.93. The molecular weight excluding hydrogens is 342 g/mol. The minimum atomic E-state index is 0.309. The first-order valence-corrected chi connectivity index (χ1v) is 9.47.